The average molecular weight is 181 g/mol. The molecule has 1 aliphatic carbocycles. The summed E-state index contributed by atoms with van der Waals surface area (Å²) in [5.41, 5.74) is 4.32. The third kappa shape index (κ3) is 1.76. The molecule has 3 nitrogen and oxygen atoms in total. The van der Waals surface area contributed by atoms with Gasteiger partial charge in [-0.3, -0.25) is 0 Å². The van der Waals surface area contributed by atoms with Crippen molar-refractivity contribution in [2.45, 2.75) is 32.2 Å². The van der Waals surface area contributed by atoms with Gasteiger partial charge in [0, 0.05) is 12.0 Å². The molecule has 0 amide bonds. The van der Waals surface area contributed by atoms with Crippen molar-refractivity contribution in [3.8, 4) is 0 Å². The first-order chi connectivity index (χ1) is 6.42. The van der Waals surface area contributed by atoms with E-state index in [4.69, 9.17) is 9.25 Å². The fraction of sp³-hybridized carbons (Fsp3) is 0.600. The van der Waals surface area contributed by atoms with Crippen molar-refractivity contribution in [1.29, 1.82) is 0 Å². The van der Waals surface area contributed by atoms with E-state index in [1.165, 1.54) is 12.0 Å². The van der Waals surface area contributed by atoms with E-state index in [9.17, 15) is 0 Å². The van der Waals surface area contributed by atoms with E-state index in [1.54, 1.807) is 6.26 Å². The number of hydrogen-bond acceptors (Lipinski definition) is 3. The molecule has 1 aromatic heterocycles. The van der Waals surface area contributed by atoms with E-state index in [-0.39, 0.29) is 0 Å². The van der Waals surface area contributed by atoms with Crippen molar-refractivity contribution < 1.29 is 9.25 Å². The second-order valence-corrected chi connectivity index (χ2v) is 3.29. The highest BCUT2D eigenvalue weighted by Gasteiger charge is 2.22. The maximum absolute atomic E-state index is 5.37. The van der Waals surface area contributed by atoms with Crippen molar-refractivity contribution in [3.05, 3.63) is 23.7 Å². The molecule has 1 aromatic rings. The van der Waals surface area contributed by atoms with Gasteiger partial charge in [-0.15, -0.1) is 0 Å². The Balaban J connectivity index is 2.07. The quantitative estimate of drug-likeness (QED) is 0.726. The SMILES string of the molecule is CCONC1CCCc2occc21. The minimum Gasteiger partial charge on any atom is -0.469 e. The molecule has 0 saturated carbocycles. The van der Waals surface area contributed by atoms with Gasteiger partial charge in [0.15, 0.2) is 0 Å². The van der Waals surface area contributed by atoms with Crippen molar-refractivity contribution >= 4 is 0 Å². The Bertz CT molecular complexity index is 270. The summed E-state index contributed by atoms with van der Waals surface area (Å²) < 4.78 is 5.37. The predicted molar refractivity (Wildman–Crippen MR) is 49.1 cm³/mol. The van der Waals surface area contributed by atoms with E-state index in [0.29, 0.717) is 12.6 Å². The number of hydroxylamine groups is 1. The Labute approximate surface area is 78.0 Å². The molecule has 2 rings (SSSR count). The van der Waals surface area contributed by atoms with Crippen molar-refractivity contribution in [3.63, 3.8) is 0 Å². The smallest absolute Gasteiger partial charge is 0.108 e. The predicted octanol–water partition coefficient (Wildman–Crippen LogP) is 2.20. The van der Waals surface area contributed by atoms with Gasteiger partial charge >= 0.3 is 0 Å². The van der Waals surface area contributed by atoms with Crippen LogP contribution in [0.25, 0.3) is 0 Å². The van der Waals surface area contributed by atoms with Crippen LogP contribution in [0.4, 0.5) is 0 Å². The Morgan fingerprint density at radius 2 is 2.62 bits per heavy atom. The molecule has 0 fully saturated rings. The van der Waals surface area contributed by atoms with Crippen molar-refractivity contribution in [1.82, 2.24) is 5.48 Å². The van der Waals surface area contributed by atoms with Gasteiger partial charge < -0.3 is 9.25 Å². The topological polar surface area (TPSA) is 34.4 Å². The molecule has 1 unspecified atom stereocenters. The third-order valence-electron chi connectivity index (χ3n) is 2.42. The average Bonchev–Trinajstić information content (AvgIpc) is 2.62. The minimum absolute atomic E-state index is 0.322. The molecule has 1 heterocycles. The van der Waals surface area contributed by atoms with E-state index < -0.39 is 0 Å². The lowest BCUT2D eigenvalue weighted by atomic mass is 9.94. The number of nitrogens with one attached hydrogen (secondary N) is 1. The van der Waals surface area contributed by atoms with Gasteiger partial charge in [-0.2, -0.15) is 5.48 Å². The number of rotatable bonds is 3. The fourth-order valence-corrected chi connectivity index (χ4v) is 1.79. The number of furan rings is 1. The first-order valence-electron chi connectivity index (χ1n) is 4.85. The zero-order valence-corrected chi connectivity index (χ0v) is 7.88. The molecule has 0 bridgehead atoms. The summed E-state index contributed by atoms with van der Waals surface area (Å²) in [6, 6.07) is 2.35. The zero-order chi connectivity index (χ0) is 9.10. The van der Waals surface area contributed by atoms with Gasteiger partial charge in [0.2, 0.25) is 0 Å². The van der Waals surface area contributed by atoms with Gasteiger partial charge in [0.05, 0.1) is 18.9 Å². The summed E-state index contributed by atoms with van der Waals surface area (Å²) in [6.07, 6.45) is 5.13. The standard InChI is InChI=1S/C10H15NO2/c1-2-13-11-9-4-3-5-10-8(9)6-7-12-10/h6-7,9,11H,2-5H2,1H3. The second-order valence-electron chi connectivity index (χ2n) is 3.29. The summed E-state index contributed by atoms with van der Waals surface area (Å²) in [5, 5.41) is 0. The highest BCUT2D eigenvalue weighted by atomic mass is 16.6. The summed E-state index contributed by atoms with van der Waals surface area (Å²) in [4.78, 5) is 5.21. The molecule has 0 saturated heterocycles. The summed E-state index contributed by atoms with van der Waals surface area (Å²) in [6.45, 7) is 2.68. The lowest BCUT2D eigenvalue weighted by molar-refractivity contribution is 0.0192. The van der Waals surface area contributed by atoms with Crippen molar-refractivity contribution in [2.75, 3.05) is 6.61 Å². The monoisotopic (exact) mass is 181 g/mol. The Morgan fingerprint density at radius 3 is 3.46 bits per heavy atom. The molecule has 0 radical (unpaired) electrons. The second kappa shape index (κ2) is 3.94. The molecule has 0 aliphatic heterocycles. The first-order valence-corrected chi connectivity index (χ1v) is 4.85. The number of aryl methyl sites for hydroxylation is 1. The van der Waals surface area contributed by atoms with Crippen LogP contribution < -0.4 is 5.48 Å². The Kier molecular flexibility index (Phi) is 2.66. The van der Waals surface area contributed by atoms with Gasteiger partial charge in [0.1, 0.15) is 5.76 Å². The summed E-state index contributed by atoms with van der Waals surface area (Å²) in [5.74, 6) is 1.11. The van der Waals surface area contributed by atoms with E-state index >= 15 is 0 Å². The third-order valence-corrected chi connectivity index (χ3v) is 2.42. The van der Waals surface area contributed by atoms with E-state index in [0.717, 1.165) is 18.6 Å². The normalized spacial score (nSPS) is 21.5. The maximum Gasteiger partial charge on any atom is 0.108 e. The van der Waals surface area contributed by atoms with Crippen LogP contribution in [0.2, 0.25) is 0 Å². The summed E-state index contributed by atoms with van der Waals surface area (Å²) >= 11 is 0. The van der Waals surface area contributed by atoms with Gasteiger partial charge in [-0.1, -0.05) is 0 Å². The van der Waals surface area contributed by atoms with E-state index in [2.05, 4.69) is 5.48 Å². The lowest BCUT2D eigenvalue weighted by Crippen LogP contribution is -2.24. The van der Waals surface area contributed by atoms with Crippen LogP contribution in [0.5, 0.6) is 0 Å². The van der Waals surface area contributed by atoms with Crippen LogP contribution in [0.3, 0.4) is 0 Å². The maximum atomic E-state index is 5.37. The van der Waals surface area contributed by atoms with E-state index in [1.807, 2.05) is 13.0 Å². The van der Waals surface area contributed by atoms with Crippen LogP contribution in [-0.2, 0) is 11.3 Å². The summed E-state index contributed by atoms with van der Waals surface area (Å²) in [7, 11) is 0. The number of hydrogen-bond donors (Lipinski definition) is 1. The number of fused-ring (bicyclic) bond motifs is 1. The molecule has 1 atom stereocenters. The van der Waals surface area contributed by atoms with Crippen LogP contribution in [0, 0.1) is 0 Å². The molecular formula is C10H15NO2. The highest BCUT2D eigenvalue weighted by Crippen LogP contribution is 2.30. The van der Waals surface area contributed by atoms with Crippen LogP contribution >= 0.6 is 0 Å². The molecule has 1 aliphatic rings. The largest absolute Gasteiger partial charge is 0.469 e. The lowest BCUT2D eigenvalue weighted by Gasteiger charge is -2.21. The van der Waals surface area contributed by atoms with Gasteiger partial charge in [-0.25, -0.2) is 0 Å². The zero-order valence-electron chi connectivity index (χ0n) is 7.88. The molecular weight excluding hydrogens is 166 g/mol. The van der Waals surface area contributed by atoms with Gasteiger partial charge in [0.25, 0.3) is 0 Å². The van der Waals surface area contributed by atoms with Crippen LogP contribution in [0.1, 0.15) is 37.1 Å². The van der Waals surface area contributed by atoms with Gasteiger partial charge in [-0.05, 0) is 25.8 Å². The Morgan fingerprint density at radius 1 is 1.69 bits per heavy atom. The minimum atomic E-state index is 0.322. The molecule has 0 aromatic carbocycles. The molecule has 72 valence electrons. The molecule has 1 N–H and O–H groups in total. The first kappa shape index (κ1) is 8.78. The fourth-order valence-electron chi connectivity index (χ4n) is 1.79. The van der Waals surface area contributed by atoms with Crippen molar-refractivity contribution in [2.24, 2.45) is 0 Å². The molecule has 3 heteroatoms. The van der Waals surface area contributed by atoms with Crippen LogP contribution in [-0.4, -0.2) is 6.61 Å². The van der Waals surface area contributed by atoms with Crippen LogP contribution in [0.15, 0.2) is 16.7 Å². The highest BCUT2D eigenvalue weighted by molar-refractivity contribution is 5.23. The Hall–Kier alpha value is -0.800. The molecule has 13 heavy (non-hydrogen) atoms. The molecule has 0 spiro atoms.